The molecule has 1 aliphatic heterocycles. The molecule has 24 heavy (non-hydrogen) atoms. The van der Waals surface area contributed by atoms with E-state index in [-0.39, 0.29) is 12.4 Å². The van der Waals surface area contributed by atoms with Gasteiger partial charge in [-0.2, -0.15) is 0 Å². The highest BCUT2D eigenvalue weighted by molar-refractivity contribution is 6.04. The lowest BCUT2D eigenvalue weighted by Crippen LogP contribution is -2.01. The van der Waals surface area contributed by atoms with E-state index in [4.69, 9.17) is 14.5 Å². The Labute approximate surface area is 138 Å². The fraction of sp³-hybridized carbons (Fsp3) is 0.158. The van der Waals surface area contributed by atoms with Crippen LogP contribution in [0.2, 0.25) is 0 Å². The maximum absolute atomic E-state index is 11.7. The van der Waals surface area contributed by atoms with Crippen molar-refractivity contribution < 1.29 is 19.4 Å². The van der Waals surface area contributed by atoms with Gasteiger partial charge in [0, 0.05) is 10.9 Å². The zero-order valence-corrected chi connectivity index (χ0v) is 13.3. The number of hydrogen-bond donors (Lipinski definition) is 1. The molecule has 2 aromatic carbocycles. The number of hydrogen-bond acceptors (Lipinski definition) is 4. The van der Waals surface area contributed by atoms with E-state index in [0.29, 0.717) is 28.1 Å². The minimum atomic E-state index is -0.964. The minimum absolute atomic E-state index is 0.197. The molecule has 2 heterocycles. The van der Waals surface area contributed by atoms with Crippen LogP contribution in [-0.2, 0) is 0 Å². The van der Waals surface area contributed by atoms with Crippen molar-refractivity contribution in [2.75, 3.05) is 6.79 Å². The van der Waals surface area contributed by atoms with E-state index in [1.807, 2.05) is 44.2 Å². The molecule has 0 atom stereocenters. The Morgan fingerprint density at radius 3 is 2.67 bits per heavy atom. The number of pyridine rings is 1. The summed E-state index contributed by atoms with van der Waals surface area (Å²) in [5.74, 6) is 0.367. The van der Waals surface area contributed by atoms with Gasteiger partial charge in [0.1, 0.15) is 0 Å². The lowest BCUT2D eigenvalue weighted by molar-refractivity contribution is 0.0699. The van der Waals surface area contributed by atoms with E-state index < -0.39 is 5.97 Å². The monoisotopic (exact) mass is 321 g/mol. The Bertz CT molecular complexity index is 994. The third-order valence-corrected chi connectivity index (χ3v) is 4.15. The Balaban J connectivity index is 1.98. The smallest absolute Gasteiger partial charge is 0.336 e. The number of carboxylic acid groups (broad SMARTS) is 1. The Morgan fingerprint density at radius 1 is 1.08 bits per heavy atom. The maximum atomic E-state index is 11.7. The second kappa shape index (κ2) is 5.23. The fourth-order valence-electron chi connectivity index (χ4n) is 3.06. The maximum Gasteiger partial charge on any atom is 0.336 e. The first kappa shape index (κ1) is 14.5. The van der Waals surface area contributed by atoms with Crippen LogP contribution in [0.25, 0.3) is 22.2 Å². The second-order valence-corrected chi connectivity index (χ2v) is 5.91. The predicted octanol–water partition coefficient (Wildman–Crippen LogP) is 3.95. The summed E-state index contributed by atoms with van der Waals surface area (Å²) in [6, 6.07) is 11.0. The predicted molar refractivity (Wildman–Crippen MR) is 89.7 cm³/mol. The Kier molecular flexibility index (Phi) is 3.16. The summed E-state index contributed by atoms with van der Waals surface area (Å²) in [7, 11) is 0. The molecule has 0 saturated heterocycles. The summed E-state index contributed by atoms with van der Waals surface area (Å²) in [6.07, 6.45) is 0. The van der Waals surface area contributed by atoms with Crippen LogP contribution in [0, 0.1) is 13.8 Å². The fourth-order valence-corrected chi connectivity index (χ4v) is 3.06. The number of carboxylic acids is 1. The summed E-state index contributed by atoms with van der Waals surface area (Å²) < 4.78 is 10.7. The van der Waals surface area contributed by atoms with Gasteiger partial charge in [-0.3, -0.25) is 0 Å². The van der Waals surface area contributed by atoms with Gasteiger partial charge in [-0.05, 0) is 49.7 Å². The van der Waals surface area contributed by atoms with E-state index in [1.54, 1.807) is 6.07 Å². The van der Waals surface area contributed by atoms with Crippen LogP contribution in [0.5, 0.6) is 11.5 Å². The summed E-state index contributed by atoms with van der Waals surface area (Å²) in [6.45, 7) is 4.09. The molecule has 0 fully saturated rings. The van der Waals surface area contributed by atoms with Gasteiger partial charge < -0.3 is 14.6 Å². The molecule has 0 spiro atoms. The molecule has 1 aromatic heterocycles. The molecule has 3 aromatic rings. The van der Waals surface area contributed by atoms with Gasteiger partial charge in [-0.1, -0.05) is 11.6 Å². The van der Waals surface area contributed by atoms with Crippen molar-refractivity contribution >= 4 is 16.9 Å². The third kappa shape index (κ3) is 2.25. The van der Waals surface area contributed by atoms with Crippen LogP contribution < -0.4 is 9.47 Å². The largest absolute Gasteiger partial charge is 0.478 e. The average Bonchev–Trinajstić information content (AvgIpc) is 3.01. The van der Waals surface area contributed by atoms with Gasteiger partial charge in [-0.25, -0.2) is 9.78 Å². The van der Waals surface area contributed by atoms with Crippen molar-refractivity contribution in [3.8, 4) is 22.8 Å². The number of rotatable bonds is 2. The number of nitrogens with zero attached hydrogens (tertiary/aromatic N) is 1. The molecule has 0 saturated carbocycles. The number of carbonyl (C=O) groups is 1. The van der Waals surface area contributed by atoms with Gasteiger partial charge in [0.25, 0.3) is 0 Å². The zero-order valence-electron chi connectivity index (χ0n) is 13.3. The van der Waals surface area contributed by atoms with Crippen LogP contribution in [0.3, 0.4) is 0 Å². The molecule has 1 N–H and O–H groups in total. The van der Waals surface area contributed by atoms with Gasteiger partial charge in [0.15, 0.2) is 11.5 Å². The van der Waals surface area contributed by atoms with Crippen LogP contribution in [0.15, 0.2) is 36.4 Å². The van der Waals surface area contributed by atoms with Crippen molar-refractivity contribution in [1.29, 1.82) is 0 Å². The first-order chi connectivity index (χ1) is 11.5. The SMILES string of the molecule is Cc1cc(C)c2nc(-c3ccc4c(c3)OCO4)cc(C(=O)O)c2c1. The standard InChI is InChI=1S/C19H15NO4/c1-10-5-11(2)18-13(6-10)14(19(21)22)8-15(20-18)12-3-4-16-17(7-12)24-9-23-16/h3-8H,9H2,1-2H3,(H,21,22). The summed E-state index contributed by atoms with van der Waals surface area (Å²) in [5, 5.41) is 10.3. The number of benzene rings is 2. The minimum Gasteiger partial charge on any atom is -0.478 e. The third-order valence-electron chi connectivity index (χ3n) is 4.15. The molecular weight excluding hydrogens is 306 g/mol. The van der Waals surface area contributed by atoms with Crippen LogP contribution in [-0.4, -0.2) is 22.9 Å². The van der Waals surface area contributed by atoms with E-state index >= 15 is 0 Å². The number of aromatic nitrogens is 1. The molecule has 0 bridgehead atoms. The second-order valence-electron chi connectivity index (χ2n) is 5.91. The van der Waals surface area contributed by atoms with Crippen molar-refractivity contribution in [3.05, 3.63) is 53.1 Å². The molecule has 0 unspecified atom stereocenters. The molecule has 0 aliphatic carbocycles. The van der Waals surface area contributed by atoms with E-state index in [0.717, 1.165) is 16.7 Å². The lowest BCUT2D eigenvalue weighted by Gasteiger charge is -2.10. The highest BCUT2D eigenvalue weighted by Crippen LogP contribution is 2.36. The van der Waals surface area contributed by atoms with E-state index in [1.165, 1.54) is 0 Å². The first-order valence-corrected chi connectivity index (χ1v) is 7.58. The molecule has 4 rings (SSSR count). The number of ether oxygens (including phenoxy) is 2. The number of fused-ring (bicyclic) bond motifs is 2. The van der Waals surface area contributed by atoms with E-state index in [2.05, 4.69) is 0 Å². The zero-order chi connectivity index (χ0) is 16.8. The van der Waals surface area contributed by atoms with Crippen molar-refractivity contribution in [3.63, 3.8) is 0 Å². The molecular formula is C19H15NO4. The summed E-state index contributed by atoms with van der Waals surface area (Å²) in [4.78, 5) is 16.4. The first-order valence-electron chi connectivity index (χ1n) is 7.58. The lowest BCUT2D eigenvalue weighted by atomic mass is 10.00. The molecule has 5 nitrogen and oxygen atoms in total. The van der Waals surface area contributed by atoms with Crippen LogP contribution >= 0.6 is 0 Å². The highest BCUT2D eigenvalue weighted by Gasteiger charge is 2.18. The highest BCUT2D eigenvalue weighted by atomic mass is 16.7. The van der Waals surface area contributed by atoms with Gasteiger partial charge in [0.05, 0.1) is 16.8 Å². The molecule has 0 amide bonds. The van der Waals surface area contributed by atoms with Gasteiger partial charge in [-0.15, -0.1) is 0 Å². The van der Waals surface area contributed by atoms with Crippen molar-refractivity contribution in [2.45, 2.75) is 13.8 Å². The molecule has 0 radical (unpaired) electrons. The van der Waals surface area contributed by atoms with Crippen LogP contribution in [0.1, 0.15) is 21.5 Å². The quantitative estimate of drug-likeness (QED) is 0.774. The number of aromatic carboxylic acids is 1. The summed E-state index contributed by atoms with van der Waals surface area (Å²) >= 11 is 0. The average molecular weight is 321 g/mol. The topological polar surface area (TPSA) is 68.7 Å². The normalized spacial score (nSPS) is 12.6. The van der Waals surface area contributed by atoms with Gasteiger partial charge >= 0.3 is 5.97 Å². The summed E-state index contributed by atoms with van der Waals surface area (Å²) in [5.41, 5.74) is 4.32. The van der Waals surface area contributed by atoms with E-state index in [9.17, 15) is 9.90 Å². The Morgan fingerprint density at radius 2 is 1.88 bits per heavy atom. The molecule has 5 heteroatoms. The van der Waals surface area contributed by atoms with Crippen molar-refractivity contribution in [1.82, 2.24) is 4.98 Å². The Hall–Kier alpha value is -3.08. The molecule has 1 aliphatic rings. The van der Waals surface area contributed by atoms with Crippen LogP contribution in [0.4, 0.5) is 0 Å². The van der Waals surface area contributed by atoms with Gasteiger partial charge in [0.2, 0.25) is 6.79 Å². The van der Waals surface area contributed by atoms with Crippen molar-refractivity contribution in [2.24, 2.45) is 0 Å². The molecule has 120 valence electrons. The number of aryl methyl sites for hydroxylation is 2.